The zero-order valence-corrected chi connectivity index (χ0v) is 13.6. The van der Waals surface area contributed by atoms with Gasteiger partial charge in [0.25, 0.3) is 11.8 Å². The lowest BCUT2D eigenvalue weighted by Gasteiger charge is -2.25. The van der Waals surface area contributed by atoms with E-state index in [0.29, 0.717) is 0 Å². The average molecular weight is 350 g/mol. The SMILES string of the molecule is CC(C)(NCc1ccc(F)cc1F)c1nc2c(c(C(N)=O)n1)OCO2. The van der Waals surface area contributed by atoms with Crippen LogP contribution in [0.3, 0.4) is 0 Å². The van der Waals surface area contributed by atoms with Gasteiger partial charge in [-0.1, -0.05) is 6.07 Å². The van der Waals surface area contributed by atoms with Gasteiger partial charge in [0.15, 0.2) is 11.5 Å². The summed E-state index contributed by atoms with van der Waals surface area (Å²) in [6, 6.07) is 3.34. The van der Waals surface area contributed by atoms with Crippen molar-refractivity contribution in [1.82, 2.24) is 15.3 Å². The van der Waals surface area contributed by atoms with E-state index in [2.05, 4.69) is 15.3 Å². The summed E-state index contributed by atoms with van der Waals surface area (Å²) in [5.41, 5.74) is 4.67. The fourth-order valence-corrected chi connectivity index (χ4v) is 2.31. The van der Waals surface area contributed by atoms with Crippen LogP contribution in [0.1, 0.15) is 35.7 Å². The number of carbonyl (C=O) groups is 1. The Morgan fingerprint density at radius 3 is 2.76 bits per heavy atom. The summed E-state index contributed by atoms with van der Waals surface area (Å²) in [6.07, 6.45) is 0. The Morgan fingerprint density at radius 1 is 1.32 bits per heavy atom. The second-order valence-electron chi connectivity index (χ2n) is 6.02. The number of nitrogens with zero attached hydrogens (tertiary/aromatic N) is 2. The summed E-state index contributed by atoms with van der Waals surface area (Å²) >= 11 is 0. The largest absolute Gasteiger partial charge is 0.449 e. The topological polar surface area (TPSA) is 99.4 Å². The number of nitrogens with two attached hydrogens (primary N) is 1. The van der Waals surface area contributed by atoms with E-state index in [4.69, 9.17) is 15.2 Å². The number of ether oxygens (including phenoxy) is 2. The van der Waals surface area contributed by atoms with Crippen LogP contribution in [0.15, 0.2) is 18.2 Å². The molecule has 0 bridgehead atoms. The number of amides is 1. The van der Waals surface area contributed by atoms with E-state index in [9.17, 15) is 13.6 Å². The highest BCUT2D eigenvalue weighted by Gasteiger charge is 2.31. The van der Waals surface area contributed by atoms with E-state index in [0.717, 1.165) is 6.07 Å². The fourth-order valence-electron chi connectivity index (χ4n) is 2.31. The third-order valence-corrected chi connectivity index (χ3v) is 3.76. The second-order valence-corrected chi connectivity index (χ2v) is 6.02. The minimum atomic E-state index is -0.855. The normalized spacial score (nSPS) is 13.1. The number of halogens is 2. The first kappa shape index (κ1) is 17.0. The summed E-state index contributed by atoms with van der Waals surface area (Å²) in [5.74, 6) is -1.62. The van der Waals surface area contributed by atoms with Crippen molar-refractivity contribution in [3.8, 4) is 11.6 Å². The first-order valence-electron chi connectivity index (χ1n) is 7.45. The van der Waals surface area contributed by atoms with Gasteiger partial charge in [-0.2, -0.15) is 4.98 Å². The lowest BCUT2D eigenvalue weighted by atomic mass is 10.0. The molecule has 25 heavy (non-hydrogen) atoms. The van der Waals surface area contributed by atoms with Gasteiger partial charge in [0, 0.05) is 18.2 Å². The van der Waals surface area contributed by atoms with Crippen LogP contribution >= 0.6 is 0 Å². The van der Waals surface area contributed by atoms with E-state index in [1.54, 1.807) is 13.8 Å². The smallest absolute Gasteiger partial charge is 0.271 e. The Balaban J connectivity index is 1.87. The molecule has 0 unspecified atom stereocenters. The maximum atomic E-state index is 13.8. The highest BCUT2D eigenvalue weighted by Crippen LogP contribution is 2.34. The van der Waals surface area contributed by atoms with Gasteiger partial charge < -0.3 is 20.5 Å². The van der Waals surface area contributed by atoms with Gasteiger partial charge in [-0.3, -0.25) is 4.79 Å². The molecule has 9 heteroatoms. The van der Waals surface area contributed by atoms with Gasteiger partial charge in [-0.15, -0.1) is 0 Å². The Morgan fingerprint density at radius 2 is 2.08 bits per heavy atom. The van der Waals surface area contributed by atoms with E-state index in [-0.39, 0.29) is 42.0 Å². The quantitative estimate of drug-likeness (QED) is 0.850. The number of rotatable bonds is 5. The first-order chi connectivity index (χ1) is 11.8. The number of primary amides is 1. The van der Waals surface area contributed by atoms with Gasteiger partial charge in [-0.05, 0) is 19.9 Å². The number of hydrogen-bond donors (Lipinski definition) is 2. The summed E-state index contributed by atoms with van der Waals surface area (Å²) in [5, 5.41) is 3.07. The minimum absolute atomic E-state index is 0.0810. The van der Waals surface area contributed by atoms with Crippen molar-refractivity contribution < 1.29 is 23.0 Å². The molecule has 132 valence electrons. The molecule has 0 spiro atoms. The Labute approximate surface area is 142 Å². The summed E-state index contributed by atoms with van der Waals surface area (Å²) in [4.78, 5) is 20.0. The monoisotopic (exact) mass is 350 g/mol. The zero-order chi connectivity index (χ0) is 18.2. The molecule has 1 aromatic carbocycles. The van der Waals surface area contributed by atoms with Crippen LogP contribution < -0.4 is 20.5 Å². The number of hydrogen-bond acceptors (Lipinski definition) is 6. The molecule has 1 aromatic heterocycles. The molecule has 1 amide bonds. The molecule has 3 N–H and O–H groups in total. The Hall–Kier alpha value is -2.81. The summed E-state index contributed by atoms with van der Waals surface area (Å²) in [7, 11) is 0. The molecule has 1 aliphatic rings. The predicted octanol–water partition coefficient (Wildman–Crippen LogP) is 1.61. The Bertz CT molecular complexity index is 842. The maximum absolute atomic E-state index is 13.8. The van der Waals surface area contributed by atoms with Gasteiger partial charge in [-0.25, -0.2) is 13.8 Å². The van der Waals surface area contributed by atoms with Crippen molar-refractivity contribution in [2.75, 3.05) is 6.79 Å². The van der Waals surface area contributed by atoms with Gasteiger partial charge in [0.05, 0.1) is 5.54 Å². The number of benzene rings is 1. The highest BCUT2D eigenvalue weighted by atomic mass is 19.1. The van der Waals surface area contributed by atoms with Crippen LogP contribution in [0, 0.1) is 11.6 Å². The van der Waals surface area contributed by atoms with E-state index in [1.807, 2.05) is 0 Å². The van der Waals surface area contributed by atoms with Gasteiger partial charge in [0.2, 0.25) is 12.5 Å². The number of fused-ring (bicyclic) bond motifs is 1. The van der Waals surface area contributed by atoms with E-state index < -0.39 is 23.1 Å². The third-order valence-electron chi connectivity index (χ3n) is 3.76. The van der Waals surface area contributed by atoms with E-state index in [1.165, 1.54) is 12.1 Å². The number of carbonyl (C=O) groups excluding carboxylic acids is 1. The molecule has 7 nitrogen and oxygen atoms in total. The molecule has 3 rings (SSSR count). The lowest BCUT2D eigenvalue weighted by Crippen LogP contribution is -2.38. The van der Waals surface area contributed by atoms with Crippen LogP contribution in [0.5, 0.6) is 11.6 Å². The molecule has 0 saturated heterocycles. The molecular weight excluding hydrogens is 334 g/mol. The summed E-state index contributed by atoms with van der Waals surface area (Å²) < 4.78 is 37.1. The highest BCUT2D eigenvalue weighted by molar-refractivity contribution is 5.94. The van der Waals surface area contributed by atoms with E-state index >= 15 is 0 Å². The van der Waals surface area contributed by atoms with Crippen LogP contribution in [-0.4, -0.2) is 22.7 Å². The van der Waals surface area contributed by atoms with Gasteiger partial charge >= 0.3 is 0 Å². The average Bonchev–Trinajstić information content (AvgIpc) is 3.01. The standard InChI is InChI=1S/C16H16F2N4O3/c1-16(2,20-6-8-3-4-9(17)5-10(8)18)15-21-11(13(19)23)12-14(22-15)25-7-24-12/h3-5,20H,6-7H2,1-2H3,(H2,19,23). The fraction of sp³-hybridized carbons (Fsp3) is 0.312. The van der Waals surface area contributed by atoms with Crippen LogP contribution in [0.4, 0.5) is 8.78 Å². The molecule has 2 aromatic rings. The molecule has 1 aliphatic heterocycles. The summed E-state index contributed by atoms with van der Waals surface area (Å²) in [6.45, 7) is 3.51. The molecule has 0 saturated carbocycles. The van der Waals surface area contributed by atoms with Crippen LogP contribution in [0.2, 0.25) is 0 Å². The molecular formula is C16H16F2N4O3. The maximum Gasteiger partial charge on any atom is 0.271 e. The molecule has 0 radical (unpaired) electrons. The van der Waals surface area contributed by atoms with Gasteiger partial charge in [0.1, 0.15) is 11.6 Å². The second kappa shape index (κ2) is 6.25. The molecule has 0 atom stereocenters. The molecule has 0 fully saturated rings. The van der Waals surface area contributed by atoms with Crippen molar-refractivity contribution in [3.05, 3.63) is 46.9 Å². The predicted molar refractivity (Wildman–Crippen MR) is 82.9 cm³/mol. The first-order valence-corrected chi connectivity index (χ1v) is 7.45. The minimum Gasteiger partial charge on any atom is -0.449 e. The number of aromatic nitrogens is 2. The van der Waals surface area contributed by atoms with Crippen molar-refractivity contribution >= 4 is 5.91 Å². The Kier molecular flexibility index (Phi) is 4.25. The van der Waals surface area contributed by atoms with Crippen molar-refractivity contribution in [2.24, 2.45) is 5.73 Å². The van der Waals surface area contributed by atoms with Crippen molar-refractivity contribution in [2.45, 2.75) is 25.9 Å². The van der Waals surface area contributed by atoms with Crippen molar-refractivity contribution in [1.29, 1.82) is 0 Å². The van der Waals surface area contributed by atoms with Crippen LogP contribution in [0.25, 0.3) is 0 Å². The van der Waals surface area contributed by atoms with Crippen LogP contribution in [-0.2, 0) is 12.1 Å². The van der Waals surface area contributed by atoms with Crippen molar-refractivity contribution in [3.63, 3.8) is 0 Å². The third kappa shape index (κ3) is 3.36. The lowest BCUT2D eigenvalue weighted by molar-refractivity contribution is 0.0990. The molecule has 2 heterocycles. The number of nitrogens with one attached hydrogen (secondary N) is 1. The molecule has 0 aliphatic carbocycles. The zero-order valence-electron chi connectivity index (χ0n) is 13.6.